The van der Waals surface area contributed by atoms with Gasteiger partial charge < -0.3 is 4.74 Å². The van der Waals surface area contributed by atoms with Crippen molar-refractivity contribution >= 4 is 5.97 Å². The lowest BCUT2D eigenvalue weighted by atomic mass is 9.82. The van der Waals surface area contributed by atoms with E-state index >= 15 is 0 Å². The van der Waals surface area contributed by atoms with Gasteiger partial charge in [-0.05, 0) is 32.1 Å². The zero-order valence-electron chi connectivity index (χ0n) is 11.8. The number of carbonyl (C=O) groups excluding carboxylic acids is 1. The highest BCUT2D eigenvalue weighted by Crippen LogP contribution is 2.46. The van der Waals surface area contributed by atoms with Crippen LogP contribution in [-0.2, 0) is 22.5 Å². The Morgan fingerprint density at radius 2 is 2.30 bits per heavy atom. The number of esters is 1. The number of fused-ring (bicyclic) bond motifs is 1. The molecule has 1 unspecified atom stereocenters. The minimum Gasteiger partial charge on any atom is -0.468 e. The van der Waals surface area contributed by atoms with Crippen LogP contribution in [0.1, 0.15) is 60.9 Å². The van der Waals surface area contributed by atoms with Gasteiger partial charge in [0.25, 0.3) is 0 Å². The van der Waals surface area contributed by atoms with Crippen LogP contribution in [0.2, 0.25) is 0 Å². The van der Waals surface area contributed by atoms with Crippen molar-refractivity contribution in [3.8, 4) is 6.07 Å². The Labute approximate surface area is 118 Å². The molecule has 0 aromatic carbocycles. The van der Waals surface area contributed by atoms with Crippen molar-refractivity contribution in [1.82, 2.24) is 9.78 Å². The number of ether oxygens (including phenoxy) is 1. The van der Waals surface area contributed by atoms with Gasteiger partial charge in [-0.2, -0.15) is 10.4 Å². The number of rotatable bonds is 4. The molecule has 5 nitrogen and oxygen atoms in total. The van der Waals surface area contributed by atoms with E-state index in [1.54, 1.807) is 0 Å². The molecule has 5 heteroatoms. The highest BCUT2D eigenvalue weighted by atomic mass is 16.5. The SMILES string of the molecule is COC(=O)Cn1nc(C2CC2)c2c1CCCC2CC#N. The van der Waals surface area contributed by atoms with E-state index in [1.165, 1.54) is 25.5 Å². The van der Waals surface area contributed by atoms with E-state index in [1.807, 2.05) is 4.68 Å². The van der Waals surface area contributed by atoms with Crippen molar-refractivity contribution in [2.75, 3.05) is 7.11 Å². The second-order valence-corrected chi connectivity index (χ2v) is 5.71. The number of methoxy groups -OCH3 is 1. The third-order valence-corrected chi connectivity index (χ3v) is 4.31. The minimum atomic E-state index is -0.264. The second-order valence-electron chi connectivity index (χ2n) is 5.71. The molecule has 2 aliphatic rings. The highest BCUT2D eigenvalue weighted by molar-refractivity contribution is 5.69. The number of carbonyl (C=O) groups is 1. The second kappa shape index (κ2) is 5.28. The van der Waals surface area contributed by atoms with Gasteiger partial charge >= 0.3 is 5.97 Å². The van der Waals surface area contributed by atoms with Gasteiger partial charge in [0.1, 0.15) is 6.54 Å². The first-order valence-electron chi connectivity index (χ1n) is 7.27. The van der Waals surface area contributed by atoms with Crippen LogP contribution in [0.15, 0.2) is 0 Å². The van der Waals surface area contributed by atoms with E-state index in [9.17, 15) is 4.79 Å². The first-order chi connectivity index (χ1) is 9.74. The Balaban J connectivity index is 1.99. The van der Waals surface area contributed by atoms with Crippen LogP contribution in [0.3, 0.4) is 0 Å². The molecule has 1 aromatic heterocycles. The maximum Gasteiger partial charge on any atom is 0.327 e. The fourth-order valence-electron chi connectivity index (χ4n) is 3.19. The average Bonchev–Trinajstić information content (AvgIpc) is 3.23. The summed E-state index contributed by atoms with van der Waals surface area (Å²) in [7, 11) is 1.40. The molecule has 0 saturated heterocycles. The maximum absolute atomic E-state index is 11.5. The molecule has 1 heterocycles. The van der Waals surface area contributed by atoms with Crippen LogP contribution in [0.5, 0.6) is 0 Å². The Morgan fingerprint density at radius 1 is 1.50 bits per heavy atom. The molecule has 20 heavy (non-hydrogen) atoms. The number of nitriles is 1. The predicted octanol–water partition coefficient (Wildman–Crippen LogP) is 2.27. The molecule has 1 aromatic rings. The number of nitrogens with zero attached hydrogens (tertiary/aromatic N) is 3. The molecule has 0 spiro atoms. The maximum atomic E-state index is 11.5. The molecular weight excluding hydrogens is 254 g/mol. The molecule has 0 bridgehead atoms. The first-order valence-corrected chi connectivity index (χ1v) is 7.27. The quantitative estimate of drug-likeness (QED) is 0.789. The monoisotopic (exact) mass is 273 g/mol. The number of hydrogen-bond acceptors (Lipinski definition) is 4. The normalized spacial score (nSPS) is 21.1. The number of hydrogen-bond donors (Lipinski definition) is 0. The van der Waals surface area contributed by atoms with Gasteiger partial charge in [0.05, 0.1) is 18.9 Å². The summed E-state index contributed by atoms with van der Waals surface area (Å²) in [5, 5.41) is 13.7. The van der Waals surface area contributed by atoms with Crippen LogP contribution in [0, 0.1) is 11.3 Å². The zero-order chi connectivity index (χ0) is 14.1. The lowest BCUT2D eigenvalue weighted by Gasteiger charge is -2.22. The largest absolute Gasteiger partial charge is 0.468 e. The Morgan fingerprint density at radius 3 is 2.95 bits per heavy atom. The smallest absolute Gasteiger partial charge is 0.327 e. The fourth-order valence-corrected chi connectivity index (χ4v) is 3.19. The fraction of sp³-hybridized carbons (Fsp3) is 0.667. The molecule has 0 aliphatic heterocycles. The molecule has 0 amide bonds. The molecule has 0 radical (unpaired) electrons. The van der Waals surface area contributed by atoms with E-state index in [-0.39, 0.29) is 12.5 Å². The summed E-state index contributed by atoms with van der Waals surface area (Å²) in [4.78, 5) is 11.5. The summed E-state index contributed by atoms with van der Waals surface area (Å²) in [6.45, 7) is 0.185. The van der Waals surface area contributed by atoms with Crippen molar-refractivity contribution in [2.24, 2.45) is 0 Å². The van der Waals surface area contributed by atoms with Crippen molar-refractivity contribution in [3.05, 3.63) is 17.0 Å². The molecule has 0 N–H and O–H groups in total. The number of aromatic nitrogens is 2. The van der Waals surface area contributed by atoms with E-state index in [4.69, 9.17) is 10.00 Å². The van der Waals surface area contributed by atoms with Crippen molar-refractivity contribution in [2.45, 2.75) is 56.9 Å². The van der Waals surface area contributed by atoms with Crippen LogP contribution in [-0.4, -0.2) is 22.9 Å². The first kappa shape index (κ1) is 13.2. The van der Waals surface area contributed by atoms with Gasteiger partial charge in [0.15, 0.2) is 0 Å². The standard InChI is InChI=1S/C15H19N3O2/c1-20-13(19)9-18-12-4-2-3-10(7-8-16)14(12)15(17-18)11-5-6-11/h10-11H,2-7,9H2,1H3. The van der Waals surface area contributed by atoms with Gasteiger partial charge in [-0.3, -0.25) is 9.48 Å². The van der Waals surface area contributed by atoms with Crippen LogP contribution >= 0.6 is 0 Å². The van der Waals surface area contributed by atoms with Gasteiger partial charge in [0, 0.05) is 29.5 Å². The zero-order valence-corrected chi connectivity index (χ0v) is 11.8. The van der Waals surface area contributed by atoms with Gasteiger partial charge in [-0.25, -0.2) is 0 Å². The predicted molar refractivity (Wildman–Crippen MR) is 72.1 cm³/mol. The molecule has 2 aliphatic carbocycles. The summed E-state index contributed by atoms with van der Waals surface area (Å²) in [5.74, 6) is 0.577. The Kier molecular flexibility index (Phi) is 3.47. The third-order valence-electron chi connectivity index (χ3n) is 4.31. The molecule has 3 rings (SSSR count). The lowest BCUT2D eigenvalue weighted by Crippen LogP contribution is -2.18. The summed E-state index contributed by atoms with van der Waals surface area (Å²) in [6, 6.07) is 2.30. The van der Waals surface area contributed by atoms with E-state index < -0.39 is 0 Å². The summed E-state index contributed by atoms with van der Waals surface area (Å²) in [5.41, 5.74) is 3.57. The van der Waals surface area contributed by atoms with Crippen molar-refractivity contribution in [1.29, 1.82) is 5.26 Å². The van der Waals surface area contributed by atoms with Crippen molar-refractivity contribution < 1.29 is 9.53 Å². The lowest BCUT2D eigenvalue weighted by molar-refractivity contribution is -0.141. The molecule has 106 valence electrons. The van der Waals surface area contributed by atoms with Gasteiger partial charge in [-0.15, -0.1) is 0 Å². The summed E-state index contributed by atoms with van der Waals surface area (Å²) >= 11 is 0. The van der Waals surface area contributed by atoms with Gasteiger partial charge in [-0.1, -0.05) is 0 Å². The Hall–Kier alpha value is -1.83. The van der Waals surface area contributed by atoms with Crippen molar-refractivity contribution in [3.63, 3.8) is 0 Å². The van der Waals surface area contributed by atoms with E-state index in [0.717, 1.165) is 30.7 Å². The van der Waals surface area contributed by atoms with Gasteiger partial charge in [0.2, 0.25) is 0 Å². The highest BCUT2D eigenvalue weighted by Gasteiger charge is 2.36. The van der Waals surface area contributed by atoms with Crippen LogP contribution in [0.4, 0.5) is 0 Å². The summed E-state index contributed by atoms with van der Waals surface area (Å²) < 4.78 is 6.57. The van der Waals surface area contributed by atoms with Crippen LogP contribution in [0.25, 0.3) is 0 Å². The minimum absolute atomic E-state index is 0.185. The average molecular weight is 273 g/mol. The molecule has 1 atom stereocenters. The molecular formula is C15H19N3O2. The topological polar surface area (TPSA) is 67.9 Å². The summed E-state index contributed by atoms with van der Waals surface area (Å²) in [6.07, 6.45) is 5.99. The Bertz CT molecular complexity index is 566. The molecule has 1 saturated carbocycles. The molecule has 1 fully saturated rings. The third kappa shape index (κ3) is 2.31. The van der Waals surface area contributed by atoms with E-state index in [0.29, 0.717) is 18.3 Å². The van der Waals surface area contributed by atoms with Crippen LogP contribution < -0.4 is 0 Å². The van der Waals surface area contributed by atoms with E-state index in [2.05, 4.69) is 11.2 Å².